The van der Waals surface area contributed by atoms with Crippen LogP contribution in [0.25, 0.3) is 5.69 Å². The van der Waals surface area contributed by atoms with Crippen LogP contribution in [0.5, 0.6) is 0 Å². The molecule has 1 aliphatic rings. The topological polar surface area (TPSA) is 89.6 Å². The van der Waals surface area contributed by atoms with Gasteiger partial charge in [0.1, 0.15) is 5.69 Å². The number of thiocarbonyl (C=S) groups is 1. The quantitative estimate of drug-likeness (QED) is 0.329. The second-order valence-electron chi connectivity index (χ2n) is 7.90. The Morgan fingerprint density at radius 3 is 2.76 bits per heavy atom. The van der Waals surface area contributed by atoms with Gasteiger partial charge in [-0.15, -0.1) is 0 Å². The molecule has 2 aromatic rings. The van der Waals surface area contributed by atoms with Gasteiger partial charge in [-0.3, -0.25) is 0 Å². The van der Waals surface area contributed by atoms with Gasteiger partial charge in [-0.05, 0) is 44.5 Å². The van der Waals surface area contributed by atoms with Crippen LogP contribution in [0.4, 0.5) is 5.69 Å². The maximum Gasteiger partial charge on any atom is 0.189 e. The lowest BCUT2D eigenvalue weighted by molar-refractivity contribution is -0.991. The van der Waals surface area contributed by atoms with Crippen molar-refractivity contribution in [1.29, 1.82) is 0 Å². The average molecular weight is 416 g/mol. The molecule has 156 valence electrons. The molecule has 8 heteroatoms. The van der Waals surface area contributed by atoms with Crippen LogP contribution in [0.3, 0.4) is 0 Å². The largest absolute Gasteiger partial charge is 0.595 e. The van der Waals surface area contributed by atoms with E-state index in [1.54, 1.807) is 22.9 Å². The Balaban J connectivity index is 1.77. The minimum Gasteiger partial charge on any atom is -0.595 e. The molecular formula is C21H29N5O2S. The van der Waals surface area contributed by atoms with E-state index in [-0.39, 0.29) is 17.6 Å². The van der Waals surface area contributed by atoms with Gasteiger partial charge in [-0.2, -0.15) is 10.3 Å². The first kappa shape index (κ1) is 21.4. The van der Waals surface area contributed by atoms with Crippen molar-refractivity contribution in [3.8, 4) is 5.69 Å². The normalized spacial score (nSPS) is 19.6. The molecule has 0 fully saturated rings. The Morgan fingerprint density at radius 1 is 1.34 bits per heavy atom. The highest BCUT2D eigenvalue weighted by Gasteiger charge is 2.27. The SMILES string of the molecule is Cc1nn(-c2ccccc2[NH+]([O-])O)c(C)c1[C@@H]1C=C[C@@H](NC(=S)NCC(C)C)C1. The Bertz CT molecular complexity index is 906. The van der Waals surface area contributed by atoms with Gasteiger partial charge in [0.2, 0.25) is 0 Å². The fourth-order valence-electron chi connectivity index (χ4n) is 3.80. The lowest BCUT2D eigenvalue weighted by Crippen LogP contribution is -2.99. The minimum atomic E-state index is -0.956. The van der Waals surface area contributed by atoms with Crippen LogP contribution < -0.4 is 15.9 Å². The molecule has 1 aromatic heterocycles. The molecule has 0 amide bonds. The molecule has 4 N–H and O–H groups in total. The van der Waals surface area contributed by atoms with Crippen LogP contribution in [-0.2, 0) is 0 Å². The molecule has 0 saturated carbocycles. The molecule has 7 nitrogen and oxygen atoms in total. The summed E-state index contributed by atoms with van der Waals surface area (Å²) in [6, 6.07) is 7.12. The van der Waals surface area contributed by atoms with Crippen molar-refractivity contribution in [2.75, 3.05) is 6.54 Å². The number of nitrogens with zero attached hydrogens (tertiary/aromatic N) is 2. The number of allylic oxidation sites excluding steroid dienone is 1. The number of nitrogens with one attached hydrogen (secondary N) is 3. The van der Waals surface area contributed by atoms with Gasteiger partial charge in [0.25, 0.3) is 0 Å². The number of para-hydroxylation sites is 2. The number of hydrogen-bond acceptors (Lipinski definition) is 4. The first-order valence-electron chi connectivity index (χ1n) is 9.89. The predicted molar refractivity (Wildman–Crippen MR) is 118 cm³/mol. The molecule has 1 aliphatic carbocycles. The summed E-state index contributed by atoms with van der Waals surface area (Å²) in [7, 11) is 0. The van der Waals surface area contributed by atoms with Crippen molar-refractivity contribution in [2.24, 2.45) is 5.92 Å². The van der Waals surface area contributed by atoms with E-state index in [9.17, 15) is 10.4 Å². The van der Waals surface area contributed by atoms with Crippen LogP contribution in [0.15, 0.2) is 36.4 Å². The van der Waals surface area contributed by atoms with E-state index in [1.165, 1.54) is 0 Å². The average Bonchev–Trinajstić information content (AvgIpc) is 3.23. The molecule has 0 spiro atoms. The lowest BCUT2D eigenvalue weighted by Gasteiger charge is -2.18. The summed E-state index contributed by atoms with van der Waals surface area (Å²) in [6.07, 6.45) is 5.22. The van der Waals surface area contributed by atoms with Gasteiger partial charge < -0.3 is 15.8 Å². The summed E-state index contributed by atoms with van der Waals surface area (Å²) in [4.78, 5) is 0. The molecule has 1 heterocycles. The number of quaternary nitrogens is 1. The molecule has 1 unspecified atom stereocenters. The summed E-state index contributed by atoms with van der Waals surface area (Å²) in [5, 5.41) is 32.1. The Kier molecular flexibility index (Phi) is 6.69. The zero-order chi connectivity index (χ0) is 21.1. The highest BCUT2D eigenvalue weighted by molar-refractivity contribution is 7.80. The minimum absolute atomic E-state index is 0.167. The number of aromatic nitrogens is 2. The Labute approximate surface area is 176 Å². The van der Waals surface area contributed by atoms with E-state index >= 15 is 0 Å². The van der Waals surface area contributed by atoms with Gasteiger partial charge in [-0.1, -0.05) is 38.1 Å². The van der Waals surface area contributed by atoms with Crippen LogP contribution in [-0.4, -0.2) is 32.7 Å². The molecular weight excluding hydrogens is 386 g/mol. The number of rotatable bonds is 6. The van der Waals surface area contributed by atoms with Gasteiger partial charge in [0.15, 0.2) is 10.8 Å². The van der Waals surface area contributed by atoms with Gasteiger partial charge in [0.05, 0.1) is 5.69 Å². The fraction of sp³-hybridized carbons (Fsp3) is 0.429. The zero-order valence-corrected chi connectivity index (χ0v) is 18.1. The van der Waals surface area contributed by atoms with Crippen molar-refractivity contribution < 1.29 is 10.4 Å². The van der Waals surface area contributed by atoms with E-state index in [0.29, 0.717) is 16.7 Å². The summed E-state index contributed by atoms with van der Waals surface area (Å²) in [5.41, 5.74) is 3.85. The van der Waals surface area contributed by atoms with Gasteiger partial charge in [-0.25, -0.2) is 9.89 Å². The predicted octanol–water partition coefficient (Wildman–Crippen LogP) is 2.42. The lowest BCUT2D eigenvalue weighted by atomic mass is 9.96. The van der Waals surface area contributed by atoms with Crippen LogP contribution in [0.1, 0.15) is 43.1 Å². The zero-order valence-electron chi connectivity index (χ0n) is 17.3. The molecule has 3 atom stereocenters. The maximum absolute atomic E-state index is 11.6. The fourth-order valence-corrected chi connectivity index (χ4v) is 4.04. The van der Waals surface area contributed by atoms with E-state index in [2.05, 4.69) is 41.7 Å². The summed E-state index contributed by atoms with van der Waals surface area (Å²) < 4.78 is 1.75. The first-order chi connectivity index (χ1) is 13.8. The molecule has 0 radical (unpaired) electrons. The van der Waals surface area contributed by atoms with Gasteiger partial charge >= 0.3 is 0 Å². The third-order valence-electron chi connectivity index (χ3n) is 5.15. The highest BCUT2D eigenvalue weighted by Crippen LogP contribution is 2.34. The van der Waals surface area contributed by atoms with E-state index in [4.69, 9.17) is 12.2 Å². The molecule has 29 heavy (non-hydrogen) atoms. The standard InChI is InChI=1S/C21H29N5O2S/c1-13(2)12-22-21(29)23-17-10-9-16(11-17)20-14(3)24-25(15(20)4)18-7-5-6-8-19(18)26(27)28/h5-10,13,16-17,26-27H,11-12H2,1-4H3,(H2,22,23,29)/t16-,17-/m1/s1. The first-order valence-corrected chi connectivity index (χ1v) is 10.3. The number of hydrogen-bond donors (Lipinski definition) is 4. The third kappa shape index (κ3) is 4.84. The van der Waals surface area contributed by atoms with Crippen molar-refractivity contribution in [3.63, 3.8) is 0 Å². The van der Waals surface area contributed by atoms with Crippen LogP contribution >= 0.6 is 12.2 Å². The number of benzene rings is 1. The van der Waals surface area contributed by atoms with Crippen LogP contribution in [0.2, 0.25) is 0 Å². The smallest absolute Gasteiger partial charge is 0.189 e. The maximum atomic E-state index is 11.6. The molecule has 0 bridgehead atoms. The van der Waals surface area contributed by atoms with Crippen LogP contribution in [0, 0.1) is 25.0 Å². The van der Waals surface area contributed by atoms with E-state index < -0.39 is 5.23 Å². The van der Waals surface area contributed by atoms with Crippen molar-refractivity contribution in [3.05, 3.63) is 58.6 Å². The van der Waals surface area contributed by atoms with E-state index in [1.807, 2.05) is 19.9 Å². The summed E-state index contributed by atoms with van der Waals surface area (Å²) in [5.74, 6) is 0.748. The van der Waals surface area contributed by atoms with Crippen molar-refractivity contribution in [1.82, 2.24) is 20.4 Å². The highest BCUT2D eigenvalue weighted by atomic mass is 32.1. The number of aryl methyl sites for hydroxylation is 1. The Morgan fingerprint density at radius 2 is 2.07 bits per heavy atom. The molecule has 0 aliphatic heterocycles. The van der Waals surface area contributed by atoms with E-state index in [0.717, 1.165) is 29.9 Å². The third-order valence-corrected chi connectivity index (χ3v) is 5.41. The second-order valence-corrected chi connectivity index (χ2v) is 8.31. The van der Waals surface area contributed by atoms with Gasteiger partial charge in [0, 0.05) is 35.8 Å². The Hall–Kier alpha value is -2.26. The second kappa shape index (κ2) is 9.04. The summed E-state index contributed by atoms with van der Waals surface area (Å²) in [6.45, 7) is 9.11. The molecule has 3 rings (SSSR count). The summed E-state index contributed by atoms with van der Waals surface area (Å²) >= 11 is 5.39. The van der Waals surface area contributed by atoms with Crippen molar-refractivity contribution in [2.45, 2.75) is 46.1 Å². The molecule has 0 saturated heterocycles. The molecule has 1 aromatic carbocycles. The monoisotopic (exact) mass is 415 g/mol. The van der Waals surface area contributed by atoms with Crippen molar-refractivity contribution >= 4 is 23.0 Å².